The van der Waals surface area contributed by atoms with Gasteiger partial charge >= 0.3 is 0 Å². The summed E-state index contributed by atoms with van der Waals surface area (Å²) in [7, 11) is 0. The second kappa shape index (κ2) is 5.77. The fourth-order valence-electron chi connectivity index (χ4n) is 1.60. The van der Waals surface area contributed by atoms with Gasteiger partial charge < -0.3 is 5.32 Å². The van der Waals surface area contributed by atoms with Gasteiger partial charge in [0.25, 0.3) is 0 Å². The molecule has 0 aliphatic heterocycles. The maximum absolute atomic E-state index is 4.09. The van der Waals surface area contributed by atoms with Crippen molar-refractivity contribution in [2.75, 3.05) is 6.54 Å². The summed E-state index contributed by atoms with van der Waals surface area (Å²) >= 11 is 1.84. The molecule has 0 aromatic carbocycles. The number of nitrogens with one attached hydrogen (secondary N) is 1. The topological polar surface area (TPSA) is 24.9 Å². The number of rotatable bonds is 5. The minimum Gasteiger partial charge on any atom is -0.312 e. The molecule has 2 aromatic rings. The summed E-state index contributed by atoms with van der Waals surface area (Å²) in [5.74, 6) is 0. The minimum absolute atomic E-state index is 0.901. The van der Waals surface area contributed by atoms with Crippen molar-refractivity contribution in [3.8, 4) is 0 Å². The lowest BCUT2D eigenvalue weighted by atomic mass is 10.2. The third kappa shape index (κ3) is 3.15. The molecule has 0 fully saturated rings. The van der Waals surface area contributed by atoms with Crippen LogP contribution in [0, 0.1) is 6.92 Å². The summed E-state index contributed by atoms with van der Waals surface area (Å²) in [6.45, 7) is 4.10. The molecule has 0 bridgehead atoms. The van der Waals surface area contributed by atoms with E-state index in [1.807, 2.05) is 23.6 Å². The molecule has 0 amide bonds. The number of hydrogen-bond acceptors (Lipinski definition) is 3. The number of thiophene rings is 1. The van der Waals surface area contributed by atoms with Gasteiger partial charge in [-0.3, -0.25) is 4.98 Å². The monoisotopic (exact) mass is 232 g/mol. The van der Waals surface area contributed by atoms with Crippen LogP contribution < -0.4 is 5.32 Å². The number of aryl methyl sites for hydroxylation is 1. The molecule has 0 aliphatic rings. The van der Waals surface area contributed by atoms with Crippen LogP contribution in [-0.2, 0) is 13.0 Å². The average Bonchev–Trinajstić information content (AvgIpc) is 2.72. The van der Waals surface area contributed by atoms with E-state index in [0.29, 0.717) is 0 Å². The lowest BCUT2D eigenvalue weighted by Crippen LogP contribution is -2.16. The first kappa shape index (κ1) is 11.3. The van der Waals surface area contributed by atoms with Crippen molar-refractivity contribution >= 4 is 11.3 Å². The predicted octanol–water partition coefficient (Wildman–Crippen LogP) is 2.78. The highest BCUT2D eigenvalue weighted by Gasteiger charge is 1.98. The van der Waals surface area contributed by atoms with Crippen molar-refractivity contribution in [3.63, 3.8) is 0 Å². The average molecular weight is 232 g/mol. The van der Waals surface area contributed by atoms with Crippen molar-refractivity contribution in [1.82, 2.24) is 10.3 Å². The lowest BCUT2D eigenvalue weighted by molar-refractivity contribution is 0.688. The molecule has 2 rings (SSSR count). The van der Waals surface area contributed by atoms with Crippen LogP contribution in [0.3, 0.4) is 0 Å². The van der Waals surface area contributed by atoms with Crippen molar-refractivity contribution in [2.45, 2.75) is 19.9 Å². The number of pyridine rings is 1. The van der Waals surface area contributed by atoms with Crippen LogP contribution >= 0.6 is 11.3 Å². The number of nitrogens with zero attached hydrogens (tertiary/aromatic N) is 1. The van der Waals surface area contributed by atoms with E-state index in [1.165, 1.54) is 16.0 Å². The minimum atomic E-state index is 0.901. The Kier molecular flexibility index (Phi) is 4.08. The van der Waals surface area contributed by atoms with Crippen LogP contribution in [-0.4, -0.2) is 11.5 Å². The van der Waals surface area contributed by atoms with Gasteiger partial charge in [-0.25, -0.2) is 0 Å². The zero-order valence-corrected chi connectivity index (χ0v) is 10.3. The van der Waals surface area contributed by atoms with Crippen LogP contribution in [0.15, 0.2) is 36.0 Å². The Labute approximate surface area is 100 Å². The van der Waals surface area contributed by atoms with E-state index >= 15 is 0 Å². The Hall–Kier alpha value is -1.19. The van der Waals surface area contributed by atoms with Crippen molar-refractivity contribution in [1.29, 1.82) is 0 Å². The van der Waals surface area contributed by atoms with Crippen LogP contribution in [0.5, 0.6) is 0 Å². The second-order valence-corrected chi connectivity index (χ2v) is 4.82. The third-order valence-electron chi connectivity index (χ3n) is 2.55. The molecule has 0 atom stereocenters. The van der Waals surface area contributed by atoms with E-state index in [2.05, 4.69) is 34.7 Å². The third-order valence-corrected chi connectivity index (χ3v) is 3.63. The summed E-state index contributed by atoms with van der Waals surface area (Å²) in [4.78, 5) is 5.57. The molecule has 0 radical (unpaired) electrons. The molecule has 0 saturated heterocycles. The van der Waals surface area contributed by atoms with E-state index in [9.17, 15) is 0 Å². The van der Waals surface area contributed by atoms with Gasteiger partial charge in [-0.15, -0.1) is 11.3 Å². The maximum atomic E-state index is 4.09. The first-order chi connectivity index (χ1) is 7.86. The van der Waals surface area contributed by atoms with Gasteiger partial charge in [-0.1, -0.05) is 6.07 Å². The van der Waals surface area contributed by atoms with Crippen molar-refractivity contribution < 1.29 is 0 Å². The first-order valence-electron chi connectivity index (χ1n) is 5.49. The van der Waals surface area contributed by atoms with E-state index in [-0.39, 0.29) is 0 Å². The van der Waals surface area contributed by atoms with Crippen molar-refractivity contribution in [2.24, 2.45) is 0 Å². The zero-order valence-electron chi connectivity index (χ0n) is 9.44. The van der Waals surface area contributed by atoms with Crippen LogP contribution in [0.25, 0.3) is 0 Å². The molecule has 2 nitrogen and oxygen atoms in total. The molecule has 2 heterocycles. The number of hydrogen-bond donors (Lipinski definition) is 1. The smallest absolute Gasteiger partial charge is 0.0312 e. The fourth-order valence-corrected chi connectivity index (χ4v) is 2.51. The van der Waals surface area contributed by atoms with Gasteiger partial charge in [-0.2, -0.15) is 0 Å². The van der Waals surface area contributed by atoms with Gasteiger partial charge in [0.2, 0.25) is 0 Å². The second-order valence-electron chi connectivity index (χ2n) is 3.81. The first-order valence-corrected chi connectivity index (χ1v) is 6.37. The Morgan fingerprint density at radius 1 is 1.38 bits per heavy atom. The summed E-state index contributed by atoms with van der Waals surface area (Å²) < 4.78 is 0. The molecule has 0 unspecified atom stereocenters. The van der Waals surface area contributed by atoms with Gasteiger partial charge in [0.05, 0.1) is 0 Å². The fraction of sp³-hybridized carbons (Fsp3) is 0.308. The number of aromatic nitrogens is 1. The Morgan fingerprint density at radius 3 is 3.00 bits per heavy atom. The van der Waals surface area contributed by atoms with E-state index in [0.717, 1.165) is 19.5 Å². The molecule has 16 heavy (non-hydrogen) atoms. The lowest BCUT2D eigenvalue weighted by Gasteiger charge is -2.04. The molecule has 84 valence electrons. The molecule has 2 aromatic heterocycles. The van der Waals surface area contributed by atoms with Gasteiger partial charge in [-0.05, 0) is 42.0 Å². The molecule has 3 heteroatoms. The molecule has 1 N–H and O–H groups in total. The summed E-state index contributed by atoms with van der Waals surface area (Å²) in [5.41, 5.74) is 2.65. The molecule has 0 spiro atoms. The Bertz CT molecular complexity index is 423. The van der Waals surface area contributed by atoms with Crippen LogP contribution in [0.4, 0.5) is 0 Å². The molecule has 0 saturated carbocycles. The molecular formula is C13H16N2S. The summed E-state index contributed by atoms with van der Waals surface area (Å²) in [6, 6.07) is 6.25. The highest BCUT2D eigenvalue weighted by molar-refractivity contribution is 7.10. The van der Waals surface area contributed by atoms with Gasteiger partial charge in [0.1, 0.15) is 0 Å². The maximum Gasteiger partial charge on any atom is 0.0312 e. The summed E-state index contributed by atoms with van der Waals surface area (Å²) in [6.07, 6.45) is 4.83. The largest absolute Gasteiger partial charge is 0.312 e. The molecular weight excluding hydrogens is 216 g/mol. The van der Waals surface area contributed by atoms with E-state index in [4.69, 9.17) is 0 Å². The highest BCUT2D eigenvalue weighted by Crippen LogP contribution is 2.15. The quantitative estimate of drug-likeness (QED) is 0.802. The SMILES string of the molecule is Cc1ccsc1CCNCc1cccnc1. The predicted molar refractivity (Wildman–Crippen MR) is 68.7 cm³/mol. The van der Waals surface area contributed by atoms with Crippen LogP contribution in [0.2, 0.25) is 0 Å². The Balaban J connectivity index is 1.72. The van der Waals surface area contributed by atoms with Crippen molar-refractivity contribution in [3.05, 3.63) is 52.0 Å². The standard InChI is InChI=1S/C13H16N2S/c1-11-5-8-16-13(11)4-7-15-10-12-3-2-6-14-9-12/h2-3,5-6,8-9,15H,4,7,10H2,1H3. The Morgan fingerprint density at radius 2 is 2.31 bits per heavy atom. The van der Waals surface area contributed by atoms with Gasteiger partial charge in [0.15, 0.2) is 0 Å². The van der Waals surface area contributed by atoms with E-state index < -0.39 is 0 Å². The van der Waals surface area contributed by atoms with Crippen LogP contribution in [0.1, 0.15) is 16.0 Å². The normalized spacial score (nSPS) is 10.6. The molecule has 0 aliphatic carbocycles. The van der Waals surface area contributed by atoms with E-state index in [1.54, 1.807) is 6.20 Å². The van der Waals surface area contributed by atoms with Gasteiger partial charge in [0, 0.05) is 30.4 Å². The zero-order chi connectivity index (χ0) is 11.2. The summed E-state index contributed by atoms with van der Waals surface area (Å²) in [5, 5.41) is 5.59. The highest BCUT2D eigenvalue weighted by atomic mass is 32.1.